The van der Waals surface area contributed by atoms with E-state index in [1.54, 1.807) is 0 Å². The van der Waals surface area contributed by atoms with Crippen LogP contribution in [0.15, 0.2) is 10.9 Å². The summed E-state index contributed by atoms with van der Waals surface area (Å²) in [4.78, 5) is 17.4. The number of piperazine rings is 1. The van der Waals surface area contributed by atoms with E-state index < -0.39 is 0 Å². The van der Waals surface area contributed by atoms with E-state index in [2.05, 4.69) is 29.8 Å². The van der Waals surface area contributed by atoms with Crippen molar-refractivity contribution in [3.05, 3.63) is 22.1 Å². The first-order chi connectivity index (χ1) is 10.6. The van der Waals surface area contributed by atoms with Crippen LogP contribution in [0.1, 0.15) is 43.8 Å². The van der Waals surface area contributed by atoms with Gasteiger partial charge < -0.3 is 20.1 Å². The van der Waals surface area contributed by atoms with E-state index in [0.717, 1.165) is 50.4 Å². The van der Waals surface area contributed by atoms with Gasteiger partial charge in [-0.15, -0.1) is 0 Å². The second-order valence-electron chi connectivity index (χ2n) is 6.84. The normalized spacial score (nSPS) is 21.3. The van der Waals surface area contributed by atoms with Crippen LogP contribution in [0.5, 0.6) is 0 Å². The summed E-state index contributed by atoms with van der Waals surface area (Å²) in [6.07, 6.45) is 5.94. The molecular formula is C17H28N4O. The summed E-state index contributed by atoms with van der Waals surface area (Å²) >= 11 is 0. The van der Waals surface area contributed by atoms with Gasteiger partial charge in [0.05, 0.1) is 5.69 Å². The summed E-state index contributed by atoms with van der Waals surface area (Å²) in [5.74, 6) is 0. The molecule has 0 amide bonds. The number of anilines is 2. The molecule has 0 spiro atoms. The fourth-order valence-corrected chi connectivity index (χ4v) is 3.85. The first kappa shape index (κ1) is 15.4. The Balaban J connectivity index is 1.92. The summed E-state index contributed by atoms with van der Waals surface area (Å²) in [5.41, 5.74) is 8.67. The first-order valence-corrected chi connectivity index (χ1v) is 8.53. The molecule has 0 bridgehead atoms. The van der Waals surface area contributed by atoms with Gasteiger partial charge in [0.1, 0.15) is 5.69 Å². The molecule has 1 aromatic rings. The Morgan fingerprint density at radius 3 is 2.36 bits per heavy atom. The highest BCUT2D eigenvalue weighted by atomic mass is 16.1. The zero-order valence-corrected chi connectivity index (χ0v) is 13.8. The SMILES string of the molecule is Cc1cc(N2CCN(C)CC2)c(N)c(=O)n1C1CCCCC1. The maximum absolute atomic E-state index is 12.8. The van der Waals surface area contributed by atoms with E-state index in [9.17, 15) is 4.79 Å². The number of rotatable bonds is 2. The highest BCUT2D eigenvalue weighted by Crippen LogP contribution is 2.30. The van der Waals surface area contributed by atoms with E-state index in [0.29, 0.717) is 11.7 Å². The molecule has 1 aromatic heterocycles. The molecule has 2 N–H and O–H groups in total. The zero-order valence-electron chi connectivity index (χ0n) is 13.8. The first-order valence-electron chi connectivity index (χ1n) is 8.53. The van der Waals surface area contributed by atoms with E-state index in [4.69, 9.17) is 5.73 Å². The number of nitrogens with two attached hydrogens (primary N) is 1. The lowest BCUT2D eigenvalue weighted by molar-refractivity contribution is 0.312. The molecule has 0 radical (unpaired) electrons. The van der Waals surface area contributed by atoms with Crippen molar-refractivity contribution in [2.75, 3.05) is 43.9 Å². The predicted molar refractivity (Wildman–Crippen MR) is 91.7 cm³/mol. The monoisotopic (exact) mass is 304 g/mol. The minimum atomic E-state index is 0.0147. The third-order valence-electron chi connectivity index (χ3n) is 5.23. The average molecular weight is 304 g/mol. The maximum Gasteiger partial charge on any atom is 0.276 e. The van der Waals surface area contributed by atoms with Gasteiger partial charge in [-0.3, -0.25) is 4.79 Å². The van der Waals surface area contributed by atoms with Crippen LogP contribution in [0, 0.1) is 6.92 Å². The Morgan fingerprint density at radius 1 is 1.09 bits per heavy atom. The second kappa shape index (κ2) is 6.32. The fraction of sp³-hybridized carbons (Fsp3) is 0.706. The number of likely N-dealkylation sites (N-methyl/N-ethyl adjacent to an activating group) is 1. The lowest BCUT2D eigenvalue weighted by Gasteiger charge is -2.35. The second-order valence-corrected chi connectivity index (χ2v) is 6.84. The van der Waals surface area contributed by atoms with Crippen LogP contribution in [0.2, 0.25) is 0 Å². The van der Waals surface area contributed by atoms with Gasteiger partial charge in [0, 0.05) is 37.9 Å². The Labute approximate surface area is 132 Å². The van der Waals surface area contributed by atoms with Crippen molar-refractivity contribution in [1.82, 2.24) is 9.47 Å². The largest absolute Gasteiger partial charge is 0.393 e. The quantitative estimate of drug-likeness (QED) is 0.908. The topological polar surface area (TPSA) is 54.5 Å². The number of pyridine rings is 1. The minimum Gasteiger partial charge on any atom is -0.393 e. The van der Waals surface area contributed by atoms with Crippen LogP contribution in [0.4, 0.5) is 11.4 Å². The zero-order chi connectivity index (χ0) is 15.7. The van der Waals surface area contributed by atoms with Gasteiger partial charge in [-0.05, 0) is 32.9 Å². The van der Waals surface area contributed by atoms with E-state index in [1.165, 1.54) is 19.3 Å². The van der Waals surface area contributed by atoms with Gasteiger partial charge in [-0.1, -0.05) is 19.3 Å². The van der Waals surface area contributed by atoms with Crippen molar-refractivity contribution in [2.24, 2.45) is 0 Å². The van der Waals surface area contributed by atoms with Crippen LogP contribution < -0.4 is 16.2 Å². The number of aryl methyl sites for hydroxylation is 1. The van der Waals surface area contributed by atoms with Gasteiger partial charge >= 0.3 is 0 Å². The molecule has 2 aliphatic rings. The summed E-state index contributed by atoms with van der Waals surface area (Å²) in [6, 6.07) is 2.46. The third-order valence-corrected chi connectivity index (χ3v) is 5.23. The van der Waals surface area contributed by atoms with Crippen molar-refractivity contribution in [2.45, 2.75) is 45.1 Å². The number of aromatic nitrogens is 1. The molecule has 1 saturated heterocycles. The molecular weight excluding hydrogens is 276 g/mol. The fourth-order valence-electron chi connectivity index (χ4n) is 3.85. The van der Waals surface area contributed by atoms with Crippen molar-refractivity contribution < 1.29 is 0 Å². The van der Waals surface area contributed by atoms with E-state index in [1.807, 2.05) is 4.57 Å². The van der Waals surface area contributed by atoms with Gasteiger partial charge in [0.15, 0.2) is 0 Å². The molecule has 0 aromatic carbocycles. The molecule has 1 aliphatic heterocycles. The maximum atomic E-state index is 12.8. The van der Waals surface area contributed by atoms with Crippen molar-refractivity contribution in [3.63, 3.8) is 0 Å². The van der Waals surface area contributed by atoms with Gasteiger partial charge in [-0.25, -0.2) is 0 Å². The van der Waals surface area contributed by atoms with Crippen LogP contribution in [0.25, 0.3) is 0 Å². The van der Waals surface area contributed by atoms with Gasteiger partial charge in [0.2, 0.25) is 0 Å². The lowest BCUT2D eigenvalue weighted by atomic mass is 9.94. The van der Waals surface area contributed by atoms with Crippen LogP contribution in [-0.2, 0) is 0 Å². The van der Waals surface area contributed by atoms with Crippen molar-refractivity contribution >= 4 is 11.4 Å². The molecule has 2 fully saturated rings. The Morgan fingerprint density at radius 2 is 1.73 bits per heavy atom. The highest BCUT2D eigenvalue weighted by Gasteiger charge is 2.23. The molecule has 1 saturated carbocycles. The summed E-state index contributed by atoms with van der Waals surface area (Å²) in [6.45, 7) is 5.96. The Bertz CT molecular complexity index is 581. The molecule has 2 heterocycles. The standard InChI is InChI=1S/C17H28N4O/c1-13-12-15(20-10-8-19(2)9-11-20)16(18)17(22)21(13)14-6-4-3-5-7-14/h12,14H,3-11,18H2,1-2H3. The molecule has 1 aliphatic carbocycles. The van der Waals surface area contributed by atoms with Gasteiger partial charge in [-0.2, -0.15) is 0 Å². The average Bonchev–Trinajstić information content (AvgIpc) is 2.53. The van der Waals surface area contributed by atoms with E-state index >= 15 is 0 Å². The van der Waals surface area contributed by atoms with Crippen LogP contribution in [0.3, 0.4) is 0 Å². The smallest absolute Gasteiger partial charge is 0.276 e. The Kier molecular flexibility index (Phi) is 4.43. The summed E-state index contributed by atoms with van der Waals surface area (Å²) in [7, 11) is 2.13. The molecule has 22 heavy (non-hydrogen) atoms. The number of hydrogen-bond donors (Lipinski definition) is 1. The van der Waals surface area contributed by atoms with Gasteiger partial charge in [0.25, 0.3) is 5.56 Å². The molecule has 0 atom stereocenters. The van der Waals surface area contributed by atoms with Crippen LogP contribution >= 0.6 is 0 Å². The minimum absolute atomic E-state index is 0.0147. The molecule has 5 nitrogen and oxygen atoms in total. The predicted octanol–water partition coefficient (Wildman–Crippen LogP) is 2.00. The van der Waals surface area contributed by atoms with Crippen molar-refractivity contribution in [3.8, 4) is 0 Å². The van der Waals surface area contributed by atoms with Crippen LogP contribution in [-0.4, -0.2) is 42.7 Å². The summed E-state index contributed by atoms with van der Waals surface area (Å²) in [5, 5.41) is 0. The summed E-state index contributed by atoms with van der Waals surface area (Å²) < 4.78 is 1.95. The lowest BCUT2D eigenvalue weighted by Crippen LogP contribution is -2.45. The number of nitrogens with zero attached hydrogens (tertiary/aromatic N) is 3. The molecule has 3 rings (SSSR count). The third kappa shape index (κ3) is 2.86. The highest BCUT2D eigenvalue weighted by molar-refractivity contribution is 5.67. The van der Waals surface area contributed by atoms with Crippen molar-refractivity contribution in [1.29, 1.82) is 0 Å². The molecule has 5 heteroatoms. The van der Waals surface area contributed by atoms with E-state index in [-0.39, 0.29) is 5.56 Å². The number of nitrogen functional groups attached to an aromatic ring is 1. The Hall–Kier alpha value is -1.49. The molecule has 122 valence electrons. The number of hydrogen-bond acceptors (Lipinski definition) is 4. The molecule has 0 unspecified atom stereocenters.